The Morgan fingerprint density at radius 3 is 3.05 bits per heavy atom. The summed E-state index contributed by atoms with van der Waals surface area (Å²) in [4.78, 5) is 2.46. The van der Waals surface area contributed by atoms with Crippen LogP contribution in [0.2, 0.25) is 0 Å². The Morgan fingerprint density at radius 1 is 1.35 bits per heavy atom. The van der Waals surface area contributed by atoms with Crippen molar-refractivity contribution in [2.24, 2.45) is 5.92 Å². The van der Waals surface area contributed by atoms with Crippen LogP contribution in [0.15, 0.2) is 18.2 Å². The highest BCUT2D eigenvalue weighted by atomic mass is 16.7. The largest absolute Gasteiger partial charge is 0.454 e. The summed E-state index contributed by atoms with van der Waals surface area (Å²) in [6.07, 6.45) is 2.54. The molecule has 2 unspecified atom stereocenters. The van der Waals surface area contributed by atoms with E-state index in [1.807, 2.05) is 6.07 Å². The number of nitrogens with zero attached hydrogens (tertiary/aromatic N) is 1. The number of nitrogens with one attached hydrogen (secondary N) is 1. The van der Waals surface area contributed by atoms with Crippen molar-refractivity contribution in [1.29, 1.82) is 0 Å². The first-order chi connectivity index (χ1) is 9.76. The van der Waals surface area contributed by atoms with Gasteiger partial charge in [-0.1, -0.05) is 6.92 Å². The van der Waals surface area contributed by atoms with Gasteiger partial charge in [0.2, 0.25) is 6.79 Å². The van der Waals surface area contributed by atoms with Crippen LogP contribution < -0.4 is 19.7 Å². The molecule has 2 aliphatic heterocycles. The maximum Gasteiger partial charge on any atom is 0.231 e. The van der Waals surface area contributed by atoms with Crippen molar-refractivity contribution in [2.75, 3.05) is 31.3 Å². The zero-order chi connectivity index (χ0) is 13.9. The van der Waals surface area contributed by atoms with Gasteiger partial charge in [0.25, 0.3) is 0 Å². The molecule has 1 aromatic rings. The normalized spacial score (nSPS) is 22.3. The molecule has 0 saturated carbocycles. The van der Waals surface area contributed by atoms with Crippen LogP contribution in [0, 0.1) is 5.92 Å². The van der Waals surface area contributed by atoms with Crippen molar-refractivity contribution >= 4 is 5.69 Å². The van der Waals surface area contributed by atoms with Crippen LogP contribution in [0.1, 0.15) is 26.7 Å². The van der Waals surface area contributed by atoms with Crippen LogP contribution in [0.4, 0.5) is 5.69 Å². The van der Waals surface area contributed by atoms with Gasteiger partial charge in [0.05, 0.1) is 0 Å². The van der Waals surface area contributed by atoms with Gasteiger partial charge in [-0.2, -0.15) is 0 Å². The molecule has 4 heteroatoms. The van der Waals surface area contributed by atoms with E-state index in [-0.39, 0.29) is 0 Å². The summed E-state index contributed by atoms with van der Waals surface area (Å²) < 4.78 is 10.8. The second-order valence-electron chi connectivity index (χ2n) is 5.83. The molecular weight excluding hydrogens is 252 g/mol. The van der Waals surface area contributed by atoms with E-state index < -0.39 is 0 Å². The molecule has 0 spiro atoms. The van der Waals surface area contributed by atoms with Crippen LogP contribution in [0.25, 0.3) is 0 Å². The highest BCUT2D eigenvalue weighted by Crippen LogP contribution is 2.37. The van der Waals surface area contributed by atoms with Crippen molar-refractivity contribution < 1.29 is 9.47 Å². The Kier molecular flexibility index (Phi) is 4.01. The average Bonchev–Trinajstić information content (AvgIpc) is 3.06. The summed E-state index contributed by atoms with van der Waals surface area (Å²) in [7, 11) is 0. The third kappa shape index (κ3) is 2.85. The SMILES string of the molecule is CCNC(C)CC1CCN(c2ccc3c(c2)OCO3)C1. The molecular formula is C16H24N2O2. The van der Waals surface area contributed by atoms with Gasteiger partial charge in [0.1, 0.15) is 0 Å². The summed E-state index contributed by atoms with van der Waals surface area (Å²) in [5, 5.41) is 3.51. The number of benzene rings is 1. The van der Waals surface area contributed by atoms with E-state index in [1.165, 1.54) is 18.5 Å². The van der Waals surface area contributed by atoms with Crippen LogP contribution >= 0.6 is 0 Å². The zero-order valence-electron chi connectivity index (χ0n) is 12.4. The first kappa shape index (κ1) is 13.6. The number of anilines is 1. The molecule has 20 heavy (non-hydrogen) atoms. The van der Waals surface area contributed by atoms with E-state index >= 15 is 0 Å². The average molecular weight is 276 g/mol. The van der Waals surface area contributed by atoms with Gasteiger partial charge in [-0.3, -0.25) is 0 Å². The second kappa shape index (κ2) is 5.92. The summed E-state index contributed by atoms with van der Waals surface area (Å²) >= 11 is 0. The molecule has 3 rings (SSSR count). The van der Waals surface area contributed by atoms with E-state index in [9.17, 15) is 0 Å². The quantitative estimate of drug-likeness (QED) is 0.896. The number of fused-ring (bicyclic) bond motifs is 1. The maximum atomic E-state index is 5.46. The van der Waals surface area contributed by atoms with Crippen molar-refractivity contribution in [2.45, 2.75) is 32.7 Å². The number of hydrogen-bond acceptors (Lipinski definition) is 4. The summed E-state index contributed by atoms with van der Waals surface area (Å²) in [6.45, 7) is 8.15. The van der Waals surface area contributed by atoms with E-state index in [4.69, 9.17) is 9.47 Å². The number of ether oxygens (including phenoxy) is 2. The van der Waals surface area contributed by atoms with Gasteiger partial charge in [-0.05, 0) is 44.4 Å². The monoisotopic (exact) mass is 276 g/mol. The smallest absolute Gasteiger partial charge is 0.231 e. The van der Waals surface area contributed by atoms with Gasteiger partial charge in [-0.25, -0.2) is 0 Å². The van der Waals surface area contributed by atoms with Crippen molar-refractivity contribution in [3.8, 4) is 11.5 Å². The van der Waals surface area contributed by atoms with Crippen molar-refractivity contribution in [3.05, 3.63) is 18.2 Å². The molecule has 110 valence electrons. The summed E-state index contributed by atoms with van der Waals surface area (Å²) in [5.74, 6) is 2.53. The van der Waals surface area contributed by atoms with Gasteiger partial charge >= 0.3 is 0 Å². The minimum absolute atomic E-state index is 0.349. The lowest BCUT2D eigenvalue weighted by Gasteiger charge is -2.20. The van der Waals surface area contributed by atoms with E-state index in [1.54, 1.807) is 0 Å². The fourth-order valence-corrected chi connectivity index (χ4v) is 3.27. The van der Waals surface area contributed by atoms with Gasteiger partial charge in [0, 0.05) is 30.9 Å². The number of rotatable bonds is 5. The first-order valence-corrected chi connectivity index (χ1v) is 7.64. The predicted molar refractivity (Wildman–Crippen MR) is 80.6 cm³/mol. The van der Waals surface area contributed by atoms with Gasteiger partial charge in [0.15, 0.2) is 11.5 Å². The molecule has 0 aromatic heterocycles. The molecule has 0 aliphatic carbocycles. The zero-order valence-corrected chi connectivity index (χ0v) is 12.4. The topological polar surface area (TPSA) is 33.7 Å². The maximum absolute atomic E-state index is 5.46. The molecule has 4 nitrogen and oxygen atoms in total. The highest BCUT2D eigenvalue weighted by molar-refractivity contribution is 5.57. The third-order valence-electron chi connectivity index (χ3n) is 4.25. The molecule has 1 saturated heterocycles. The minimum Gasteiger partial charge on any atom is -0.454 e. The molecule has 0 radical (unpaired) electrons. The Balaban J connectivity index is 1.59. The Morgan fingerprint density at radius 2 is 2.20 bits per heavy atom. The van der Waals surface area contributed by atoms with Crippen LogP contribution in [-0.4, -0.2) is 32.5 Å². The van der Waals surface area contributed by atoms with Gasteiger partial charge in [-0.15, -0.1) is 0 Å². The van der Waals surface area contributed by atoms with Crippen molar-refractivity contribution in [1.82, 2.24) is 5.32 Å². The molecule has 2 heterocycles. The second-order valence-corrected chi connectivity index (χ2v) is 5.83. The molecule has 0 bridgehead atoms. The van der Waals surface area contributed by atoms with Crippen molar-refractivity contribution in [3.63, 3.8) is 0 Å². The van der Waals surface area contributed by atoms with E-state index in [0.29, 0.717) is 12.8 Å². The Labute approximate surface area is 121 Å². The van der Waals surface area contributed by atoms with Crippen LogP contribution in [-0.2, 0) is 0 Å². The lowest BCUT2D eigenvalue weighted by molar-refractivity contribution is 0.174. The summed E-state index contributed by atoms with van der Waals surface area (Å²) in [5.41, 5.74) is 1.26. The lowest BCUT2D eigenvalue weighted by atomic mass is 10.0. The van der Waals surface area contributed by atoms with Crippen LogP contribution in [0.3, 0.4) is 0 Å². The third-order valence-corrected chi connectivity index (χ3v) is 4.25. The Bertz CT molecular complexity index is 464. The first-order valence-electron chi connectivity index (χ1n) is 7.64. The molecule has 2 aliphatic rings. The highest BCUT2D eigenvalue weighted by Gasteiger charge is 2.25. The predicted octanol–water partition coefficient (Wildman–Crippen LogP) is 2.63. The minimum atomic E-state index is 0.349. The lowest BCUT2D eigenvalue weighted by Crippen LogP contribution is -2.29. The molecule has 2 atom stereocenters. The summed E-state index contributed by atoms with van der Waals surface area (Å²) in [6, 6.07) is 6.88. The fraction of sp³-hybridized carbons (Fsp3) is 0.625. The van der Waals surface area contributed by atoms with E-state index in [0.717, 1.165) is 37.1 Å². The Hall–Kier alpha value is -1.42. The number of hydrogen-bond donors (Lipinski definition) is 1. The van der Waals surface area contributed by atoms with Crippen LogP contribution in [0.5, 0.6) is 11.5 Å². The molecule has 1 N–H and O–H groups in total. The molecule has 1 fully saturated rings. The molecule has 1 aromatic carbocycles. The fourth-order valence-electron chi connectivity index (χ4n) is 3.27. The molecule has 0 amide bonds. The van der Waals surface area contributed by atoms with E-state index in [2.05, 4.69) is 36.2 Å². The standard InChI is InChI=1S/C16H24N2O2/c1-3-17-12(2)8-13-6-7-18(10-13)14-4-5-15-16(9-14)20-11-19-15/h4-5,9,12-13,17H,3,6-8,10-11H2,1-2H3. The van der Waals surface area contributed by atoms with Gasteiger partial charge < -0.3 is 19.7 Å².